The number of methoxy groups -OCH3 is 1. The molecule has 1 fully saturated rings. The number of carbonyl (C=O) groups is 1. The van der Waals surface area contributed by atoms with Crippen molar-refractivity contribution >= 4 is 5.91 Å². The minimum absolute atomic E-state index is 0.0820. The number of amides is 1. The molecule has 0 aromatic heterocycles. The summed E-state index contributed by atoms with van der Waals surface area (Å²) in [5.74, 6) is -0.268. The van der Waals surface area contributed by atoms with Gasteiger partial charge >= 0.3 is 0 Å². The van der Waals surface area contributed by atoms with Gasteiger partial charge in [-0.3, -0.25) is 4.79 Å². The molecule has 1 heterocycles. The summed E-state index contributed by atoms with van der Waals surface area (Å²) in [5, 5.41) is 39.3. The molecular formula is C15H29NO7. The highest BCUT2D eigenvalue weighted by Crippen LogP contribution is 2.14. The second kappa shape index (κ2) is 10.9. The highest BCUT2D eigenvalue weighted by atomic mass is 16.5. The summed E-state index contributed by atoms with van der Waals surface area (Å²) in [4.78, 5) is 13.5. The Morgan fingerprint density at radius 2 is 2.00 bits per heavy atom. The van der Waals surface area contributed by atoms with Crippen LogP contribution < -0.4 is 0 Å². The van der Waals surface area contributed by atoms with Crippen molar-refractivity contribution in [3.8, 4) is 0 Å². The van der Waals surface area contributed by atoms with E-state index in [1.807, 2.05) is 0 Å². The molecule has 136 valence electrons. The fraction of sp³-hybridized carbons (Fsp3) is 0.933. The number of nitrogens with zero attached hydrogens (tertiary/aromatic N) is 1. The molecule has 1 aliphatic rings. The zero-order valence-corrected chi connectivity index (χ0v) is 13.6. The van der Waals surface area contributed by atoms with Crippen LogP contribution >= 0.6 is 0 Å². The van der Waals surface area contributed by atoms with E-state index in [4.69, 9.17) is 14.6 Å². The van der Waals surface area contributed by atoms with Crippen molar-refractivity contribution < 1.29 is 34.7 Å². The predicted octanol–water partition coefficient (Wildman–Crippen LogP) is -1.50. The van der Waals surface area contributed by atoms with Gasteiger partial charge in [0.25, 0.3) is 0 Å². The van der Waals surface area contributed by atoms with Gasteiger partial charge in [0.2, 0.25) is 5.91 Å². The van der Waals surface area contributed by atoms with Gasteiger partial charge in [0.1, 0.15) is 31.0 Å². The van der Waals surface area contributed by atoms with Crippen molar-refractivity contribution in [1.29, 1.82) is 0 Å². The third-order valence-corrected chi connectivity index (χ3v) is 3.96. The van der Waals surface area contributed by atoms with Gasteiger partial charge in [-0.2, -0.15) is 0 Å². The van der Waals surface area contributed by atoms with Crippen molar-refractivity contribution in [3.05, 3.63) is 0 Å². The van der Waals surface area contributed by atoms with Crippen LogP contribution in [-0.4, -0.2) is 95.7 Å². The molecule has 23 heavy (non-hydrogen) atoms. The molecule has 0 saturated carbocycles. The van der Waals surface area contributed by atoms with Crippen LogP contribution in [0.25, 0.3) is 0 Å². The number of β-amino-alcohol motifs (C(OH)–C–C–N with tert-alkyl or cyclic N) is 1. The fourth-order valence-corrected chi connectivity index (χ4v) is 2.60. The Morgan fingerprint density at radius 3 is 2.65 bits per heavy atom. The molecule has 1 saturated heterocycles. The highest BCUT2D eigenvalue weighted by Gasteiger charge is 2.34. The first-order valence-electron chi connectivity index (χ1n) is 8.04. The van der Waals surface area contributed by atoms with Gasteiger partial charge in [-0.05, 0) is 12.8 Å². The number of rotatable bonds is 4. The van der Waals surface area contributed by atoms with Crippen LogP contribution in [0.15, 0.2) is 0 Å². The molecule has 0 spiro atoms. The highest BCUT2D eigenvalue weighted by molar-refractivity contribution is 5.77. The van der Waals surface area contributed by atoms with Gasteiger partial charge in [0.05, 0.1) is 6.61 Å². The lowest BCUT2D eigenvalue weighted by Crippen LogP contribution is -2.52. The van der Waals surface area contributed by atoms with E-state index in [1.54, 1.807) is 0 Å². The maximum Gasteiger partial charge on any atom is 0.248 e. The fourth-order valence-electron chi connectivity index (χ4n) is 2.60. The Bertz CT molecular complexity index is 342. The quantitative estimate of drug-likeness (QED) is 0.493. The van der Waals surface area contributed by atoms with Crippen LogP contribution in [0.2, 0.25) is 0 Å². The lowest BCUT2D eigenvalue weighted by atomic mass is 10.0. The molecular weight excluding hydrogens is 306 g/mol. The van der Waals surface area contributed by atoms with Crippen LogP contribution in [0.5, 0.6) is 0 Å². The van der Waals surface area contributed by atoms with Crippen LogP contribution in [-0.2, 0) is 14.3 Å². The minimum Gasteiger partial charge on any atom is -0.394 e. The van der Waals surface area contributed by atoms with Gasteiger partial charge in [-0.15, -0.1) is 0 Å². The zero-order chi connectivity index (χ0) is 17.2. The van der Waals surface area contributed by atoms with Crippen LogP contribution in [0.1, 0.15) is 25.7 Å². The number of hydrogen-bond donors (Lipinski definition) is 4. The Hall–Kier alpha value is -0.770. The average Bonchev–Trinajstić information content (AvgIpc) is 2.53. The maximum absolute atomic E-state index is 12.0. The summed E-state index contributed by atoms with van der Waals surface area (Å²) in [6, 6.07) is 0. The number of aliphatic hydroxyl groups is 4. The number of ether oxygens (including phenoxy) is 2. The maximum atomic E-state index is 12.0. The van der Waals surface area contributed by atoms with E-state index in [0.717, 1.165) is 25.7 Å². The molecule has 1 rings (SSSR count). The molecule has 4 N–H and O–H groups in total. The van der Waals surface area contributed by atoms with Crippen molar-refractivity contribution in [3.63, 3.8) is 0 Å². The molecule has 0 aromatic rings. The van der Waals surface area contributed by atoms with Crippen molar-refractivity contribution in [2.45, 2.75) is 50.1 Å². The molecule has 4 atom stereocenters. The van der Waals surface area contributed by atoms with E-state index in [1.165, 1.54) is 12.0 Å². The zero-order valence-electron chi connectivity index (χ0n) is 13.6. The van der Waals surface area contributed by atoms with Gasteiger partial charge < -0.3 is 34.8 Å². The number of carbonyl (C=O) groups excluding carboxylic acids is 1. The standard InChI is InChI=1S/C15H29NO7/c1-22-10-13(20)16-6-4-2-3-5-7-23-15(12(19)9-17)14(21)11(18)8-16/h11-12,14-15,17-19,21H,2-10H2,1H3/t11-,12+,14+,15+/m0/s1. The van der Waals surface area contributed by atoms with Crippen LogP contribution in [0.4, 0.5) is 0 Å². The van der Waals surface area contributed by atoms with E-state index in [9.17, 15) is 20.1 Å². The Balaban J connectivity index is 2.81. The molecule has 8 heteroatoms. The van der Waals surface area contributed by atoms with E-state index in [-0.39, 0.29) is 19.1 Å². The molecule has 0 aromatic carbocycles. The summed E-state index contributed by atoms with van der Waals surface area (Å²) in [7, 11) is 1.42. The predicted molar refractivity (Wildman–Crippen MR) is 81.8 cm³/mol. The van der Waals surface area contributed by atoms with E-state index >= 15 is 0 Å². The second-order valence-corrected chi connectivity index (χ2v) is 5.83. The summed E-state index contributed by atoms with van der Waals surface area (Å²) in [6.45, 7) is 0.0437. The first-order chi connectivity index (χ1) is 11.0. The van der Waals surface area contributed by atoms with Crippen molar-refractivity contribution in [2.24, 2.45) is 0 Å². The summed E-state index contributed by atoms with van der Waals surface area (Å²) < 4.78 is 10.3. The van der Waals surface area contributed by atoms with Gasteiger partial charge in [-0.1, -0.05) is 12.8 Å². The first-order valence-corrected chi connectivity index (χ1v) is 8.04. The van der Waals surface area contributed by atoms with E-state index < -0.39 is 31.0 Å². The topological polar surface area (TPSA) is 120 Å². The Morgan fingerprint density at radius 1 is 1.30 bits per heavy atom. The molecule has 0 aliphatic carbocycles. The van der Waals surface area contributed by atoms with Gasteiger partial charge in [0.15, 0.2) is 0 Å². The third kappa shape index (κ3) is 6.70. The normalized spacial score (nSPS) is 29.4. The SMILES string of the molecule is COCC(=O)N1CCCCCCO[C@H]([C@H](O)CO)[C@H](O)[C@@H](O)C1. The molecule has 0 radical (unpaired) electrons. The van der Waals surface area contributed by atoms with Crippen LogP contribution in [0, 0.1) is 0 Å². The Kier molecular flexibility index (Phi) is 9.61. The van der Waals surface area contributed by atoms with Crippen molar-refractivity contribution in [2.75, 3.05) is 40.0 Å². The van der Waals surface area contributed by atoms with Crippen molar-refractivity contribution in [1.82, 2.24) is 4.90 Å². The van der Waals surface area contributed by atoms with E-state index in [2.05, 4.69) is 0 Å². The summed E-state index contributed by atoms with van der Waals surface area (Å²) >= 11 is 0. The number of aliphatic hydroxyl groups excluding tert-OH is 4. The lowest BCUT2D eigenvalue weighted by molar-refractivity contribution is -0.153. The molecule has 1 amide bonds. The third-order valence-electron chi connectivity index (χ3n) is 3.96. The molecule has 0 bridgehead atoms. The summed E-state index contributed by atoms with van der Waals surface area (Å²) in [6.07, 6.45) is -1.76. The molecule has 1 aliphatic heterocycles. The lowest BCUT2D eigenvalue weighted by Gasteiger charge is -2.33. The smallest absolute Gasteiger partial charge is 0.248 e. The monoisotopic (exact) mass is 335 g/mol. The van der Waals surface area contributed by atoms with E-state index in [0.29, 0.717) is 13.2 Å². The van der Waals surface area contributed by atoms with Gasteiger partial charge in [-0.25, -0.2) is 0 Å². The average molecular weight is 335 g/mol. The van der Waals surface area contributed by atoms with Gasteiger partial charge in [0, 0.05) is 26.8 Å². The Labute approximate surface area is 136 Å². The first kappa shape index (κ1) is 20.3. The molecule has 0 unspecified atom stereocenters. The molecule has 8 nitrogen and oxygen atoms in total. The minimum atomic E-state index is -1.41. The number of hydrogen-bond acceptors (Lipinski definition) is 7. The second-order valence-electron chi connectivity index (χ2n) is 5.83. The van der Waals surface area contributed by atoms with Crippen LogP contribution in [0.3, 0.4) is 0 Å². The summed E-state index contributed by atoms with van der Waals surface area (Å²) in [5.41, 5.74) is 0. The largest absolute Gasteiger partial charge is 0.394 e.